The standard InChI is InChI=1S/C16H19NO3/c1-3-12-4-6-13(7-5-12)9-17-10-14-8-15(16(18)19)20-11(14)2/h4-8,17H,3,9-10H2,1-2H3,(H,18,19). The topological polar surface area (TPSA) is 62.5 Å². The van der Waals surface area contributed by atoms with Crippen LogP contribution in [0.3, 0.4) is 0 Å². The van der Waals surface area contributed by atoms with Gasteiger partial charge < -0.3 is 14.8 Å². The average molecular weight is 273 g/mol. The highest BCUT2D eigenvalue weighted by Gasteiger charge is 2.12. The Hall–Kier alpha value is -2.07. The van der Waals surface area contributed by atoms with Crippen molar-refractivity contribution in [1.82, 2.24) is 5.32 Å². The Labute approximate surface area is 118 Å². The molecule has 2 rings (SSSR count). The van der Waals surface area contributed by atoms with E-state index in [0.29, 0.717) is 12.3 Å². The van der Waals surface area contributed by atoms with Crippen LogP contribution in [0.4, 0.5) is 0 Å². The summed E-state index contributed by atoms with van der Waals surface area (Å²) in [6.07, 6.45) is 1.04. The Morgan fingerprint density at radius 1 is 1.20 bits per heavy atom. The van der Waals surface area contributed by atoms with E-state index in [1.165, 1.54) is 11.1 Å². The van der Waals surface area contributed by atoms with Crippen LogP contribution in [0.1, 0.15) is 39.9 Å². The highest BCUT2D eigenvalue weighted by Crippen LogP contribution is 2.14. The Morgan fingerprint density at radius 2 is 1.85 bits per heavy atom. The molecule has 20 heavy (non-hydrogen) atoms. The SMILES string of the molecule is CCc1ccc(CNCc2cc(C(=O)O)oc2C)cc1. The van der Waals surface area contributed by atoms with E-state index in [1.807, 2.05) is 0 Å². The maximum Gasteiger partial charge on any atom is 0.371 e. The van der Waals surface area contributed by atoms with Gasteiger partial charge in [0.05, 0.1) is 0 Å². The van der Waals surface area contributed by atoms with Crippen molar-refractivity contribution in [3.8, 4) is 0 Å². The molecule has 1 aromatic heterocycles. The number of rotatable bonds is 6. The molecule has 0 spiro atoms. The van der Waals surface area contributed by atoms with Crippen molar-refractivity contribution in [1.29, 1.82) is 0 Å². The van der Waals surface area contributed by atoms with Crippen LogP contribution in [-0.4, -0.2) is 11.1 Å². The van der Waals surface area contributed by atoms with Crippen molar-refractivity contribution in [2.24, 2.45) is 0 Å². The average Bonchev–Trinajstić information content (AvgIpc) is 2.81. The second kappa shape index (κ2) is 6.39. The molecule has 0 unspecified atom stereocenters. The minimum atomic E-state index is -1.03. The van der Waals surface area contributed by atoms with Crippen molar-refractivity contribution in [2.45, 2.75) is 33.4 Å². The summed E-state index contributed by atoms with van der Waals surface area (Å²) in [7, 11) is 0. The van der Waals surface area contributed by atoms with Crippen molar-refractivity contribution in [2.75, 3.05) is 0 Å². The van der Waals surface area contributed by atoms with Gasteiger partial charge in [-0.2, -0.15) is 0 Å². The van der Waals surface area contributed by atoms with Gasteiger partial charge >= 0.3 is 5.97 Å². The largest absolute Gasteiger partial charge is 0.475 e. The molecule has 4 heteroatoms. The number of aryl methyl sites for hydroxylation is 2. The molecule has 2 N–H and O–H groups in total. The normalized spacial score (nSPS) is 10.7. The van der Waals surface area contributed by atoms with E-state index < -0.39 is 5.97 Å². The summed E-state index contributed by atoms with van der Waals surface area (Å²) in [5.74, 6) is -0.391. The molecule has 0 bridgehead atoms. The fourth-order valence-corrected chi connectivity index (χ4v) is 2.04. The third-order valence-corrected chi connectivity index (χ3v) is 3.31. The Bertz CT molecular complexity index is 584. The van der Waals surface area contributed by atoms with Gasteiger partial charge in [0, 0.05) is 18.7 Å². The molecule has 4 nitrogen and oxygen atoms in total. The zero-order chi connectivity index (χ0) is 14.5. The third-order valence-electron chi connectivity index (χ3n) is 3.31. The van der Waals surface area contributed by atoms with Gasteiger partial charge in [0.25, 0.3) is 0 Å². The van der Waals surface area contributed by atoms with E-state index >= 15 is 0 Å². The molecule has 1 aromatic carbocycles. The second-order valence-electron chi connectivity index (χ2n) is 4.77. The van der Waals surface area contributed by atoms with Crippen LogP contribution < -0.4 is 5.32 Å². The maximum absolute atomic E-state index is 10.8. The van der Waals surface area contributed by atoms with Gasteiger partial charge in [0.2, 0.25) is 5.76 Å². The van der Waals surface area contributed by atoms with Crippen LogP contribution in [0, 0.1) is 6.92 Å². The zero-order valence-electron chi connectivity index (χ0n) is 11.8. The zero-order valence-corrected chi connectivity index (χ0v) is 11.8. The van der Waals surface area contributed by atoms with Gasteiger partial charge in [-0.15, -0.1) is 0 Å². The third kappa shape index (κ3) is 3.48. The Balaban J connectivity index is 1.90. The highest BCUT2D eigenvalue weighted by atomic mass is 16.4. The molecule has 0 radical (unpaired) electrons. The second-order valence-corrected chi connectivity index (χ2v) is 4.77. The lowest BCUT2D eigenvalue weighted by Gasteiger charge is -2.05. The number of carboxylic acids is 1. The molecule has 0 atom stereocenters. The van der Waals surface area contributed by atoms with Crippen molar-refractivity contribution >= 4 is 5.97 Å². The van der Waals surface area contributed by atoms with E-state index in [4.69, 9.17) is 9.52 Å². The lowest BCUT2D eigenvalue weighted by atomic mass is 10.1. The van der Waals surface area contributed by atoms with E-state index in [-0.39, 0.29) is 5.76 Å². The van der Waals surface area contributed by atoms with Gasteiger partial charge in [0.15, 0.2) is 0 Å². The first-order chi connectivity index (χ1) is 9.60. The number of benzene rings is 1. The molecule has 0 aliphatic carbocycles. The molecule has 0 aliphatic heterocycles. The summed E-state index contributed by atoms with van der Waals surface area (Å²) in [4.78, 5) is 10.8. The summed E-state index contributed by atoms with van der Waals surface area (Å²) in [5, 5.41) is 12.2. The molecular weight excluding hydrogens is 254 g/mol. The van der Waals surface area contributed by atoms with Crippen LogP contribution >= 0.6 is 0 Å². The van der Waals surface area contributed by atoms with Crippen LogP contribution in [-0.2, 0) is 19.5 Å². The van der Waals surface area contributed by atoms with Crippen molar-refractivity contribution in [3.63, 3.8) is 0 Å². The van der Waals surface area contributed by atoms with E-state index in [9.17, 15) is 4.79 Å². The predicted molar refractivity (Wildman–Crippen MR) is 76.8 cm³/mol. The van der Waals surface area contributed by atoms with E-state index in [0.717, 1.165) is 18.5 Å². The monoisotopic (exact) mass is 273 g/mol. The van der Waals surface area contributed by atoms with Crippen molar-refractivity contribution < 1.29 is 14.3 Å². The fraction of sp³-hybridized carbons (Fsp3) is 0.312. The predicted octanol–water partition coefficient (Wildman–Crippen LogP) is 3.14. The molecule has 0 saturated carbocycles. The molecule has 106 valence electrons. The van der Waals surface area contributed by atoms with Crippen LogP contribution in [0.15, 0.2) is 34.7 Å². The first-order valence-corrected chi connectivity index (χ1v) is 6.71. The highest BCUT2D eigenvalue weighted by molar-refractivity contribution is 5.84. The van der Waals surface area contributed by atoms with Gasteiger partial charge in [-0.1, -0.05) is 31.2 Å². The van der Waals surface area contributed by atoms with E-state index in [1.54, 1.807) is 13.0 Å². The Kier molecular flexibility index (Phi) is 4.58. The maximum atomic E-state index is 10.8. The smallest absolute Gasteiger partial charge is 0.371 e. The molecule has 0 saturated heterocycles. The summed E-state index contributed by atoms with van der Waals surface area (Å²) in [6, 6.07) is 10.0. The first-order valence-electron chi connectivity index (χ1n) is 6.71. The quantitative estimate of drug-likeness (QED) is 0.848. The minimum Gasteiger partial charge on any atom is -0.475 e. The number of hydrogen-bond donors (Lipinski definition) is 2. The molecule has 0 aliphatic rings. The lowest BCUT2D eigenvalue weighted by Crippen LogP contribution is -2.12. The van der Waals surface area contributed by atoms with Gasteiger partial charge in [0.1, 0.15) is 5.76 Å². The Morgan fingerprint density at radius 3 is 2.40 bits per heavy atom. The molecule has 0 fully saturated rings. The number of carboxylic acid groups (broad SMARTS) is 1. The molecule has 1 heterocycles. The van der Waals surface area contributed by atoms with Crippen LogP contribution in [0.5, 0.6) is 0 Å². The van der Waals surface area contributed by atoms with E-state index in [2.05, 4.69) is 36.5 Å². The number of aromatic carboxylic acids is 1. The van der Waals surface area contributed by atoms with Gasteiger partial charge in [-0.25, -0.2) is 4.79 Å². The van der Waals surface area contributed by atoms with Crippen molar-refractivity contribution in [3.05, 3.63) is 58.5 Å². The number of carbonyl (C=O) groups is 1. The first kappa shape index (κ1) is 14.3. The summed E-state index contributed by atoms with van der Waals surface area (Å²) < 4.78 is 5.17. The summed E-state index contributed by atoms with van der Waals surface area (Å²) in [6.45, 7) is 5.25. The molecular formula is C16H19NO3. The summed E-state index contributed by atoms with van der Waals surface area (Å²) in [5.41, 5.74) is 3.42. The fourth-order valence-electron chi connectivity index (χ4n) is 2.04. The lowest BCUT2D eigenvalue weighted by molar-refractivity contribution is 0.0661. The van der Waals surface area contributed by atoms with Gasteiger partial charge in [-0.05, 0) is 30.5 Å². The van der Waals surface area contributed by atoms with Crippen LogP contribution in [0.25, 0.3) is 0 Å². The number of furan rings is 1. The number of nitrogens with one attached hydrogen (secondary N) is 1. The van der Waals surface area contributed by atoms with Gasteiger partial charge in [-0.3, -0.25) is 0 Å². The molecule has 2 aromatic rings. The van der Waals surface area contributed by atoms with Crippen LogP contribution in [0.2, 0.25) is 0 Å². The minimum absolute atomic E-state index is 0.00778. The summed E-state index contributed by atoms with van der Waals surface area (Å²) >= 11 is 0. The molecule has 0 amide bonds. The number of hydrogen-bond acceptors (Lipinski definition) is 3.